The van der Waals surface area contributed by atoms with E-state index in [2.05, 4.69) is 4.98 Å². The number of aromatic nitrogens is 1. The number of aromatic amines is 1. The van der Waals surface area contributed by atoms with Gasteiger partial charge in [-0.15, -0.1) is 0 Å². The standard InChI is InChI=1S/C22H19N3O4/c1-24-10-19(26)25-16(22(24)27)9-14-13-4-2-3-5-15(13)23-20(14)21(25)12-6-7-17-18(8-12)29-11-28-17/h2-8,16,21,23H,9-11H2,1H3/t16-,21-/m1/s1/i10D2,11D2,16D,21D. The van der Waals surface area contributed by atoms with Gasteiger partial charge in [-0.25, -0.2) is 0 Å². The van der Waals surface area contributed by atoms with E-state index in [1.165, 1.54) is 18.2 Å². The highest BCUT2D eigenvalue weighted by atomic mass is 16.7. The monoisotopic (exact) mass is 395 g/mol. The van der Waals surface area contributed by atoms with Gasteiger partial charge in [0, 0.05) is 30.1 Å². The van der Waals surface area contributed by atoms with Crippen LogP contribution in [0.3, 0.4) is 0 Å². The summed E-state index contributed by atoms with van der Waals surface area (Å²) < 4.78 is 61.2. The highest BCUT2D eigenvalue weighted by molar-refractivity contribution is 5.97. The smallest absolute Gasteiger partial charge is 0.245 e. The third-order valence-corrected chi connectivity index (χ3v) is 5.43. The fourth-order valence-corrected chi connectivity index (χ4v) is 4.12. The molecule has 0 saturated carbocycles. The Labute approximate surface area is 175 Å². The van der Waals surface area contributed by atoms with Crippen molar-refractivity contribution < 1.29 is 27.3 Å². The molecule has 3 aliphatic heterocycles. The number of nitrogens with zero attached hydrogens (tertiary/aromatic N) is 2. The topological polar surface area (TPSA) is 74.9 Å². The number of hydrogen-bond acceptors (Lipinski definition) is 4. The SMILES string of the molecule is [2H]C1([2H])Oc2ccc([C@]3([2H])c4[nH]c5ccccc5c4C[C@]4([2H])C(=O)N(C)C([2H])([2H])C(=O)N34)cc2O1. The zero-order valence-electron chi connectivity index (χ0n) is 21.3. The molecule has 0 radical (unpaired) electrons. The van der Waals surface area contributed by atoms with Gasteiger partial charge < -0.3 is 24.3 Å². The Morgan fingerprint density at radius 1 is 1.17 bits per heavy atom. The number of piperazine rings is 1. The van der Waals surface area contributed by atoms with Crippen LogP contribution in [0.1, 0.15) is 31.1 Å². The summed E-state index contributed by atoms with van der Waals surface area (Å²) in [5, 5.41) is 0.680. The van der Waals surface area contributed by atoms with Crippen LogP contribution in [0, 0.1) is 0 Å². The number of likely N-dealkylation sites (N-methyl/N-ethyl adjacent to an activating group) is 1. The quantitative estimate of drug-likeness (QED) is 0.686. The van der Waals surface area contributed by atoms with Gasteiger partial charge in [-0.05, 0) is 29.3 Å². The predicted molar refractivity (Wildman–Crippen MR) is 105 cm³/mol. The van der Waals surface area contributed by atoms with Gasteiger partial charge in [-0.3, -0.25) is 9.59 Å². The first kappa shape index (κ1) is 11.5. The Morgan fingerprint density at radius 2 is 2.00 bits per heavy atom. The fourth-order valence-electron chi connectivity index (χ4n) is 4.12. The van der Waals surface area contributed by atoms with Gasteiger partial charge in [0.25, 0.3) is 0 Å². The Morgan fingerprint density at radius 3 is 2.90 bits per heavy atom. The van der Waals surface area contributed by atoms with Crippen LogP contribution < -0.4 is 9.47 Å². The van der Waals surface area contributed by atoms with Crippen molar-refractivity contribution in [3.05, 3.63) is 59.3 Å². The lowest BCUT2D eigenvalue weighted by molar-refractivity contribution is -0.157. The van der Waals surface area contributed by atoms with Crippen LogP contribution >= 0.6 is 0 Å². The average Bonchev–Trinajstić information content (AvgIpc) is 3.32. The second-order valence-electron chi connectivity index (χ2n) is 7.06. The van der Waals surface area contributed by atoms with Crippen LogP contribution in [0.2, 0.25) is 0 Å². The van der Waals surface area contributed by atoms with Gasteiger partial charge in [0.2, 0.25) is 18.6 Å². The molecular weight excluding hydrogens is 370 g/mol. The van der Waals surface area contributed by atoms with Crippen molar-refractivity contribution >= 4 is 22.7 Å². The molecule has 2 aromatic carbocycles. The first-order valence-electron chi connectivity index (χ1n) is 12.1. The Hall–Kier alpha value is -3.48. The number of amides is 2. The summed E-state index contributed by atoms with van der Waals surface area (Å²) >= 11 is 0. The molecule has 6 rings (SSSR count). The van der Waals surface area contributed by atoms with Gasteiger partial charge in [-0.1, -0.05) is 24.3 Å². The second kappa shape index (κ2) is 5.76. The number of carbonyl (C=O) groups excluding carboxylic acids is 2. The van der Waals surface area contributed by atoms with Crippen LogP contribution in [0.4, 0.5) is 0 Å². The van der Waals surface area contributed by atoms with E-state index in [1.807, 2.05) is 0 Å². The zero-order valence-corrected chi connectivity index (χ0v) is 15.3. The number of H-pyrrole nitrogens is 1. The van der Waals surface area contributed by atoms with Crippen LogP contribution in [0.5, 0.6) is 11.5 Å². The number of carbonyl (C=O) groups is 2. The van der Waals surface area contributed by atoms with Crippen LogP contribution in [-0.2, 0) is 16.0 Å². The molecule has 2 atom stereocenters. The molecule has 0 aliphatic carbocycles. The minimum atomic E-state index is -2.79. The van der Waals surface area contributed by atoms with Crippen molar-refractivity contribution in [3.8, 4) is 11.5 Å². The Kier molecular flexibility index (Phi) is 2.29. The van der Waals surface area contributed by atoms with Crippen LogP contribution in [0.15, 0.2) is 42.5 Å². The molecule has 1 fully saturated rings. The summed E-state index contributed by atoms with van der Waals surface area (Å²) in [6, 6.07) is 6.70. The first-order valence-corrected chi connectivity index (χ1v) is 9.06. The molecule has 3 aliphatic rings. The summed E-state index contributed by atoms with van der Waals surface area (Å²) in [7, 11) is 1.13. The van der Waals surface area contributed by atoms with Gasteiger partial charge >= 0.3 is 0 Å². The predicted octanol–water partition coefficient (Wildman–Crippen LogP) is 2.21. The molecule has 1 N–H and O–H groups in total. The molecule has 3 aromatic rings. The summed E-state index contributed by atoms with van der Waals surface area (Å²) in [4.78, 5) is 31.5. The van der Waals surface area contributed by atoms with E-state index in [0.29, 0.717) is 26.3 Å². The van der Waals surface area contributed by atoms with Crippen LogP contribution in [-0.4, -0.2) is 52.9 Å². The largest absolute Gasteiger partial charge is 0.454 e. The number of para-hydroxylation sites is 1. The Bertz CT molecular complexity index is 1460. The van der Waals surface area contributed by atoms with E-state index in [4.69, 9.17) is 15.0 Å². The number of nitrogens with one attached hydrogen (secondary N) is 1. The van der Waals surface area contributed by atoms with Crippen molar-refractivity contribution in [1.82, 2.24) is 14.8 Å². The summed E-state index contributed by atoms with van der Waals surface area (Å²) in [5.41, 5.74) is 1.41. The molecule has 0 spiro atoms. The van der Waals surface area contributed by atoms with Crippen molar-refractivity contribution in [2.24, 2.45) is 0 Å². The van der Waals surface area contributed by atoms with E-state index in [9.17, 15) is 12.3 Å². The van der Waals surface area contributed by atoms with Gasteiger partial charge in [0.05, 0.1) is 18.0 Å². The first-order chi connectivity index (χ1) is 16.3. The fraction of sp³-hybridized carbons (Fsp3) is 0.273. The normalized spacial score (nSPS) is 34.4. The van der Waals surface area contributed by atoms with Crippen molar-refractivity contribution in [2.75, 3.05) is 20.3 Å². The molecule has 0 unspecified atom stereocenters. The molecule has 4 heterocycles. The molecule has 2 amide bonds. The zero-order chi connectivity index (χ0) is 25.1. The highest BCUT2D eigenvalue weighted by Crippen LogP contribution is 2.44. The minimum absolute atomic E-state index is 0.0196. The molecule has 1 saturated heterocycles. The van der Waals surface area contributed by atoms with Crippen molar-refractivity contribution in [3.63, 3.8) is 0 Å². The maximum absolute atomic E-state index is 13.6. The Balaban J connectivity index is 1.67. The van der Waals surface area contributed by atoms with E-state index < -0.39 is 37.1 Å². The van der Waals surface area contributed by atoms with Crippen molar-refractivity contribution in [1.29, 1.82) is 0 Å². The summed E-state index contributed by atoms with van der Waals surface area (Å²) in [6.07, 6.45) is -0.245. The number of benzene rings is 2. The second-order valence-corrected chi connectivity index (χ2v) is 7.06. The van der Waals surface area contributed by atoms with Gasteiger partial charge in [0.1, 0.15) is 8.76 Å². The molecule has 7 nitrogen and oxygen atoms in total. The van der Waals surface area contributed by atoms with E-state index in [0.717, 1.165) is 7.05 Å². The number of ether oxygens (including phenoxy) is 2. The third-order valence-electron chi connectivity index (χ3n) is 5.43. The lowest BCUT2D eigenvalue weighted by Crippen LogP contribution is -2.62. The lowest BCUT2D eigenvalue weighted by atomic mass is 9.86. The van der Waals surface area contributed by atoms with Gasteiger partial charge in [-0.2, -0.15) is 0 Å². The number of rotatable bonds is 1. The van der Waals surface area contributed by atoms with E-state index in [1.54, 1.807) is 24.3 Å². The summed E-state index contributed by atoms with van der Waals surface area (Å²) in [5.74, 6) is -2.09. The summed E-state index contributed by atoms with van der Waals surface area (Å²) in [6.45, 7) is -5.21. The highest BCUT2D eigenvalue weighted by Gasteiger charge is 2.47. The average molecular weight is 395 g/mol. The van der Waals surface area contributed by atoms with E-state index in [-0.39, 0.29) is 29.2 Å². The lowest BCUT2D eigenvalue weighted by Gasteiger charge is -2.46. The maximum Gasteiger partial charge on any atom is 0.245 e. The molecule has 7 heteroatoms. The number of fused-ring (bicyclic) bond motifs is 5. The van der Waals surface area contributed by atoms with E-state index >= 15 is 0 Å². The molecule has 146 valence electrons. The third kappa shape index (κ3) is 2.24. The maximum atomic E-state index is 13.6. The minimum Gasteiger partial charge on any atom is -0.454 e. The molecular formula is C22H19N3O4. The molecule has 1 aromatic heterocycles. The van der Waals surface area contributed by atoms with Gasteiger partial charge in [0.15, 0.2) is 11.5 Å². The molecule has 29 heavy (non-hydrogen) atoms. The number of hydrogen-bond donors (Lipinski definition) is 1. The van der Waals surface area contributed by atoms with Crippen LogP contribution in [0.25, 0.3) is 10.9 Å². The van der Waals surface area contributed by atoms with Crippen molar-refractivity contribution in [2.45, 2.75) is 18.5 Å². The molecule has 0 bridgehead atoms.